The summed E-state index contributed by atoms with van der Waals surface area (Å²) in [4.78, 5) is 12.9. The van der Waals surface area contributed by atoms with Crippen LogP contribution in [0.5, 0.6) is 11.5 Å². The normalized spacial score (nSPS) is 11.4. The molecule has 3 aromatic carbocycles. The highest BCUT2D eigenvalue weighted by Gasteiger charge is 2.27. The van der Waals surface area contributed by atoms with E-state index in [9.17, 15) is 13.2 Å². The van der Waals surface area contributed by atoms with E-state index in [1.54, 1.807) is 54.6 Å². The molecule has 1 N–H and O–H groups in total. The van der Waals surface area contributed by atoms with E-state index in [4.69, 9.17) is 9.47 Å². The summed E-state index contributed by atoms with van der Waals surface area (Å²) in [5, 5.41) is 3.99. The van der Waals surface area contributed by atoms with Crippen molar-refractivity contribution in [1.29, 1.82) is 0 Å². The fourth-order valence-electron chi connectivity index (χ4n) is 3.44. The average molecular weight is 522 g/mol. The number of hydrazone groups is 1. The number of ether oxygens (including phenoxy) is 2. The maximum atomic E-state index is 13.4. The van der Waals surface area contributed by atoms with Crippen molar-refractivity contribution in [2.75, 3.05) is 24.6 Å². The summed E-state index contributed by atoms with van der Waals surface area (Å²) in [7, 11) is -2.48. The van der Waals surface area contributed by atoms with E-state index in [0.717, 1.165) is 9.87 Å². The number of hydrogen-bond acceptors (Lipinski definition) is 6. The van der Waals surface area contributed by atoms with Crippen LogP contribution in [0.4, 0.5) is 5.69 Å². The van der Waals surface area contributed by atoms with Crippen molar-refractivity contribution < 1.29 is 22.7 Å². The molecule has 0 saturated heterocycles. The summed E-state index contributed by atoms with van der Waals surface area (Å²) in [6.07, 6.45) is 3.06. The minimum Gasteiger partial charge on any atom is -0.493 e. The molecule has 0 atom stereocenters. The molecule has 0 unspecified atom stereocenters. The second-order valence-electron chi connectivity index (χ2n) is 8.37. The van der Waals surface area contributed by atoms with Gasteiger partial charge >= 0.3 is 0 Å². The fourth-order valence-corrected chi connectivity index (χ4v) is 4.88. The van der Waals surface area contributed by atoms with Crippen molar-refractivity contribution in [3.05, 3.63) is 96.6 Å². The molecular formula is C28H31N3O5S. The van der Waals surface area contributed by atoms with Crippen molar-refractivity contribution in [1.82, 2.24) is 5.43 Å². The Hall–Kier alpha value is -4.11. The monoisotopic (exact) mass is 521 g/mol. The van der Waals surface area contributed by atoms with Crippen molar-refractivity contribution in [3.63, 3.8) is 0 Å². The summed E-state index contributed by atoms with van der Waals surface area (Å²) in [6.45, 7) is 7.61. The second kappa shape index (κ2) is 12.7. The highest BCUT2D eigenvalue weighted by Crippen LogP contribution is 2.28. The number of rotatable bonds is 12. The summed E-state index contributed by atoms with van der Waals surface area (Å²) in [5.41, 5.74) is 4.51. The molecule has 8 nitrogen and oxygen atoms in total. The Morgan fingerprint density at radius 1 is 1.05 bits per heavy atom. The van der Waals surface area contributed by atoms with E-state index in [2.05, 4.69) is 31.0 Å². The van der Waals surface area contributed by atoms with Crippen LogP contribution < -0.4 is 19.2 Å². The molecule has 0 aliphatic heterocycles. The lowest BCUT2D eigenvalue weighted by atomic mass is 10.0. The number of methoxy groups -OCH3 is 1. The molecule has 0 fully saturated rings. The quantitative estimate of drug-likeness (QED) is 0.211. The zero-order chi connectivity index (χ0) is 26.8. The third-order valence-corrected chi connectivity index (χ3v) is 7.20. The Kier molecular flexibility index (Phi) is 9.45. The van der Waals surface area contributed by atoms with Gasteiger partial charge in [-0.05, 0) is 59.5 Å². The number of carbonyl (C=O) groups excluding carboxylic acids is 1. The smallest absolute Gasteiger partial charge is 0.264 e. The Labute approximate surface area is 218 Å². The van der Waals surface area contributed by atoms with E-state index in [1.165, 1.54) is 25.5 Å². The van der Waals surface area contributed by atoms with Crippen molar-refractivity contribution in [2.24, 2.45) is 5.10 Å². The Bertz CT molecular complexity index is 1340. The first-order valence-corrected chi connectivity index (χ1v) is 13.1. The van der Waals surface area contributed by atoms with Crippen LogP contribution >= 0.6 is 0 Å². The van der Waals surface area contributed by atoms with E-state index < -0.39 is 22.5 Å². The number of hydrogen-bond donors (Lipinski definition) is 1. The highest BCUT2D eigenvalue weighted by atomic mass is 32.2. The third kappa shape index (κ3) is 7.20. The lowest BCUT2D eigenvalue weighted by Crippen LogP contribution is -2.39. The molecule has 0 aliphatic rings. The molecular weight excluding hydrogens is 490 g/mol. The van der Waals surface area contributed by atoms with Gasteiger partial charge in [0.15, 0.2) is 11.5 Å². The number of benzene rings is 3. The molecule has 0 radical (unpaired) electrons. The molecule has 1 amide bonds. The van der Waals surface area contributed by atoms with Crippen LogP contribution in [0.1, 0.15) is 30.9 Å². The minimum atomic E-state index is -4.00. The van der Waals surface area contributed by atoms with Gasteiger partial charge in [0.1, 0.15) is 13.2 Å². The summed E-state index contributed by atoms with van der Waals surface area (Å²) >= 11 is 0. The van der Waals surface area contributed by atoms with Crippen LogP contribution in [-0.4, -0.2) is 40.8 Å². The van der Waals surface area contributed by atoms with Gasteiger partial charge in [0, 0.05) is 0 Å². The maximum Gasteiger partial charge on any atom is 0.264 e. The predicted molar refractivity (Wildman–Crippen MR) is 146 cm³/mol. The van der Waals surface area contributed by atoms with Crippen LogP contribution in [0.15, 0.2) is 95.4 Å². The molecule has 0 spiro atoms. The first kappa shape index (κ1) is 27.5. The molecule has 194 valence electrons. The van der Waals surface area contributed by atoms with Gasteiger partial charge in [0.05, 0.1) is 23.9 Å². The standard InChI is InChI=1S/C28H31N3O5S/c1-5-17-36-26-16-11-22(18-27(26)35-4)19-29-30-28(32)20-31(24-14-12-23(13-15-24)21(2)3)37(33,34)25-9-7-6-8-10-25/h5-16,18-19,21H,1,17,20H2,2-4H3,(H,30,32)/b29-19+. The van der Waals surface area contributed by atoms with E-state index in [-0.39, 0.29) is 10.8 Å². The van der Waals surface area contributed by atoms with Gasteiger partial charge in [-0.2, -0.15) is 5.10 Å². The SMILES string of the molecule is C=CCOc1ccc(/C=N/NC(=O)CN(c2ccc(C(C)C)cc2)S(=O)(=O)c2ccccc2)cc1OC. The zero-order valence-electron chi connectivity index (χ0n) is 21.1. The molecule has 3 aromatic rings. The second-order valence-corrected chi connectivity index (χ2v) is 10.2. The number of anilines is 1. The van der Waals surface area contributed by atoms with Crippen LogP contribution in [-0.2, 0) is 14.8 Å². The molecule has 0 heterocycles. The zero-order valence-corrected chi connectivity index (χ0v) is 21.9. The van der Waals surface area contributed by atoms with Gasteiger partial charge in [-0.15, -0.1) is 0 Å². The maximum absolute atomic E-state index is 13.4. The first-order valence-electron chi connectivity index (χ1n) is 11.7. The van der Waals surface area contributed by atoms with Gasteiger partial charge in [0.2, 0.25) is 0 Å². The number of nitrogens with zero attached hydrogens (tertiary/aromatic N) is 2. The summed E-state index contributed by atoms with van der Waals surface area (Å²) < 4.78 is 38.8. The van der Waals surface area contributed by atoms with Crippen molar-refractivity contribution in [2.45, 2.75) is 24.7 Å². The number of sulfonamides is 1. The molecule has 0 aliphatic carbocycles. The molecule has 9 heteroatoms. The largest absolute Gasteiger partial charge is 0.493 e. The molecule has 0 saturated carbocycles. The van der Waals surface area contributed by atoms with Crippen LogP contribution in [0, 0.1) is 0 Å². The van der Waals surface area contributed by atoms with Crippen molar-refractivity contribution >= 4 is 27.8 Å². The third-order valence-electron chi connectivity index (χ3n) is 5.41. The highest BCUT2D eigenvalue weighted by molar-refractivity contribution is 7.92. The van der Waals surface area contributed by atoms with Crippen LogP contribution in [0.25, 0.3) is 0 Å². The number of nitrogens with one attached hydrogen (secondary N) is 1. The predicted octanol–water partition coefficient (Wildman–Crippen LogP) is 4.73. The number of amides is 1. The fraction of sp³-hybridized carbons (Fsp3) is 0.214. The lowest BCUT2D eigenvalue weighted by Gasteiger charge is -2.24. The number of carbonyl (C=O) groups is 1. The molecule has 0 bridgehead atoms. The average Bonchev–Trinajstić information content (AvgIpc) is 2.91. The molecule has 3 rings (SSSR count). The Balaban J connectivity index is 1.79. The molecule has 37 heavy (non-hydrogen) atoms. The lowest BCUT2D eigenvalue weighted by molar-refractivity contribution is -0.119. The topological polar surface area (TPSA) is 97.3 Å². The van der Waals surface area contributed by atoms with Crippen LogP contribution in [0.2, 0.25) is 0 Å². The minimum absolute atomic E-state index is 0.0881. The van der Waals surface area contributed by atoms with E-state index >= 15 is 0 Å². The van der Waals surface area contributed by atoms with E-state index in [1.807, 2.05) is 12.1 Å². The first-order chi connectivity index (χ1) is 17.8. The Morgan fingerprint density at radius 3 is 2.38 bits per heavy atom. The summed E-state index contributed by atoms with van der Waals surface area (Å²) in [5.74, 6) is 0.740. The van der Waals surface area contributed by atoms with Gasteiger partial charge in [-0.3, -0.25) is 9.10 Å². The Morgan fingerprint density at radius 2 is 1.76 bits per heavy atom. The van der Waals surface area contributed by atoms with Gasteiger partial charge in [0.25, 0.3) is 15.9 Å². The van der Waals surface area contributed by atoms with Crippen LogP contribution in [0.3, 0.4) is 0 Å². The van der Waals surface area contributed by atoms with Crippen molar-refractivity contribution in [3.8, 4) is 11.5 Å². The summed E-state index contributed by atoms with van der Waals surface area (Å²) in [6, 6.07) is 20.3. The van der Waals surface area contributed by atoms with Gasteiger partial charge < -0.3 is 9.47 Å². The van der Waals surface area contributed by atoms with Gasteiger partial charge in [-0.1, -0.05) is 56.8 Å². The van der Waals surface area contributed by atoms with E-state index in [0.29, 0.717) is 29.4 Å². The molecule has 0 aromatic heterocycles. The van der Waals surface area contributed by atoms with Gasteiger partial charge in [-0.25, -0.2) is 13.8 Å².